The summed E-state index contributed by atoms with van der Waals surface area (Å²) in [5, 5.41) is 13.8. The molecule has 0 aliphatic heterocycles. The number of nitrogens with zero attached hydrogens (tertiary/aromatic N) is 1. The number of carbonyl (C=O) groups excluding carboxylic acids is 1. The highest BCUT2D eigenvalue weighted by Gasteiger charge is 2.23. The van der Waals surface area contributed by atoms with E-state index in [0.29, 0.717) is 17.4 Å². The van der Waals surface area contributed by atoms with Gasteiger partial charge in [0.15, 0.2) is 0 Å². The van der Waals surface area contributed by atoms with Crippen LogP contribution in [0.5, 0.6) is 0 Å². The van der Waals surface area contributed by atoms with Crippen molar-refractivity contribution in [2.75, 3.05) is 40.9 Å². The Kier molecular flexibility index (Phi) is 54.8. The standard InChI is InChI=1S/C68H117N2O6P/c1-6-8-10-12-14-16-18-20-22-24-25-26-27-28-29-30-31-32-33-34-35-36-37-38-39-40-41-42-43-44-45-46-48-50-52-54-56-58-60-62-68(72)69-66(65-76-77(73,74)75-64-63-70(3,4)5)67(71)61-59-57-55-53-51-49-47-23-21-19-17-15-13-11-9-7-2/h8,10,14,16,20-23,25-26,28-29,31-32,34-35,37-38,51,53,59,61,66-67,71H,6-7,9,11-13,15,17-19,24,27,30,33,36,39-50,52,54-58,60,62-65H2,1-5H3,(H-,69,72,73,74)/b10-8-,16-14-,22-20-,23-21+,26-25-,29-28-,32-31-,35-34-,38-37-,53-51+,61-59+. The normalized spacial score (nSPS) is 14.7. The van der Waals surface area contributed by atoms with Crippen LogP contribution in [0.25, 0.3) is 0 Å². The fraction of sp³-hybridized carbons (Fsp3) is 0.662. The van der Waals surface area contributed by atoms with Gasteiger partial charge >= 0.3 is 0 Å². The van der Waals surface area contributed by atoms with E-state index in [1.54, 1.807) is 6.08 Å². The van der Waals surface area contributed by atoms with Crippen LogP contribution in [0.3, 0.4) is 0 Å². The van der Waals surface area contributed by atoms with Gasteiger partial charge in [0.1, 0.15) is 13.2 Å². The summed E-state index contributed by atoms with van der Waals surface area (Å²) in [6, 6.07) is -0.918. The van der Waals surface area contributed by atoms with Crippen LogP contribution in [0.1, 0.15) is 239 Å². The number of rotatable bonds is 55. The number of carbonyl (C=O) groups is 1. The summed E-state index contributed by atoms with van der Waals surface area (Å²) in [7, 11) is 1.22. The summed E-state index contributed by atoms with van der Waals surface area (Å²) in [5.74, 6) is -0.217. The molecule has 0 bridgehead atoms. The molecule has 1 amide bonds. The van der Waals surface area contributed by atoms with Gasteiger partial charge in [-0.1, -0.05) is 257 Å². The lowest BCUT2D eigenvalue weighted by molar-refractivity contribution is -0.870. The SMILES string of the molecule is CC/C=C\C/C=C\C/C=C\C/C=C\C/C=C\C/C=C\C/C=C\C/C=C\CCCCCCCCCCCCCCCCC(=O)NC(COP(=O)([O-])OCC[N+](C)(C)C)C(O)/C=C/CC/C=C/CC/C=C/CCCCCCCC. The molecule has 0 heterocycles. The lowest BCUT2D eigenvalue weighted by Gasteiger charge is -2.29. The van der Waals surface area contributed by atoms with Gasteiger partial charge in [0, 0.05) is 6.42 Å². The van der Waals surface area contributed by atoms with Crippen LogP contribution in [0.4, 0.5) is 0 Å². The highest BCUT2D eigenvalue weighted by molar-refractivity contribution is 7.45. The first-order chi connectivity index (χ1) is 37.5. The maximum Gasteiger partial charge on any atom is 0.268 e. The van der Waals surface area contributed by atoms with Crippen LogP contribution in [0.15, 0.2) is 134 Å². The molecule has 3 atom stereocenters. The Morgan fingerprint density at radius 1 is 0.468 bits per heavy atom. The van der Waals surface area contributed by atoms with Crippen molar-refractivity contribution in [2.24, 2.45) is 0 Å². The molecule has 8 nitrogen and oxygen atoms in total. The average molecular weight is 1090 g/mol. The predicted molar refractivity (Wildman–Crippen MR) is 334 cm³/mol. The van der Waals surface area contributed by atoms with E-state index >= 15 is 0 Å². The Morgan fingerprint density at radius 3 is 1.21 bits per heavy atom. The Balaban J connectivity index is 4.10. The maximum atomic E-state index is 13.0. The van der Waals surface area contributed by atoms with Crippen molar-refractivity contribution in [3.8, 4) is 0 Å². The van der Waals surface area contributed by atoms with Gasteiger partial charge in [-0.3, -0.25) is 9.36 Å². The highest BCUT2D eigenvalue weighted by Crippen LogP contribution is 2.38. The Bertz CT molecular complexity index is 1710. The van der Waals surface area contributed by atoms with E-state index in [1.807, 2.05) is 27.2 Å². The minimum absolute atomic E-state index is 0.0143. The van der Waals surface area contributed by atoms with Crippen LogP contribution >= 0.6 is 7.82 Å². The number of phosphoric acid groups is 1. The second-order valence-electron chi connectivity index (χ2n) is 21.7. The molecule has 0 saturated carbocycles. The largest absolute Gasteiger partial charge is 0.756 e. The van der Waals surface area contributed by atoms with Gasteiger partial charge in [-0.25, -0.2) is 0 Å². The molecule has 0 fully saturated rings. The fourth-order valence-corrected chi connectivity index (χ4v) is 8.98. The molecular formula is C68H117N2O6P. The first kappa shape index (κ1) is 73.6. The lowest BCUT2D eigenvalue weighted by Crippen LogP contribution is -2.45. The number of likely N-dealkylation sites (N-methyl/N-ethyl adjacent to an activating group) is 1. The zero-order chi connectivity index (χ0) is 56.3. The van der Waals surface area contributed by atoms with Gasteiger partial charge in [0.25, 0.3) is 7.82 Å². The van der Waals surface area contributed by atoms with E-state index in [1.165, 1.54) is 122 Å². The molecule has 3 unspecified atom stereocenters. The van der Waals surface area contributed by atoms with Crippen molar-refractivity contribution in [3.05, 3.63) is 134 Å². The Morgan fingerprint density at radius 2 is 0.805 bits per heavy atom. The third-order valence-corrected chi connectivity index (χ3v) is 14.0. The van der Waals surface area contributed by atoms with Gasteiger partial charge in [-0.15, -0.1) is 0 Å². The topological polar surface area (TPSA) is 108 Å². The number of hydrogen-bond donors (Lipinski definition) is 2. The lowest BCUT2D eigenvalue weighted by atomic mass is 10.0. The summed E-state index contributed by atoms with van der Waals surface area (Å²) in [6.45, 7) is 4.48. The molecule has 0 aliphatic rings. The zero-order valence-corrected chi connectivity index (χ0v) is 51.0. The van der Waals surface area contributed by atoms with Gasteiger partial charge in [-0.2, -0.15) is 0 Å². The van der Waals surface area contributed by atoms with E-state index < -0.39 is 26.6 Å². The third-order valence-electron chi connectivity index (χ3n) is 13.1. The summed E-state index contributed by atoms with van der Waals surface area (Å²) in [6.07, 6.45) is 86.9. The molecule has 77 heavy (non-hydrogen) atoms. The Labute approximate surface area is 475 Å². The molecule has 440 valence electrons. The van der Waals surface area contributed by atoms with E-state index in [-0.39, 0.29) is 12.5 Å². The van der Waals surface area contributed by atoms with Crippen molar-refractivity contribution >= 4 is 13.7 Å². The molecule has 9 heteroatoms. The number of aliphatic hydroxyl groups is 1. The number of allylic oxidation sites excluding steroid dienone is 21. The molecule has 0 aromatic rings. The van der Waals surface area contributed by atoms with Crippen LogP contribution in [-0.2, 0) is 18.4 Å². The molecule has 0 saturated heterocycles. The molecule has 0 aromatic carbocycles. The van der Waals surface area contributed by atoms with Gasteiger partial charge in [0.05, 0.1) is 39.9 Å². The number of nitrogens with one attached hydrogen (secondary N) is 1. The Hall–Kier alpha value is -3.36. The van der Waals surface area contributed by atoms with Crippen molar-refractivity contribution in [1.82, 2.24) is 5.32 Å². The van der Waals surface area contributed by atoms with Gasteiger partial charge in [-0.05, 0) is 109 Å². The molecule has 0 aliphatic carbocycles. The molecule has 0 spiro atoms. The minimum Gasteiger partial charge on any atom is -0.756 e. The summed E-state index contributed by atoms with van der Waals surface area (Å²) < 4.78 is 23.3. The smallest absolute Gasteiger partial charge is 0.268 e. The summed E-state index contributed by atoms with van der Waals surface area (Å²) >= 11 is 0. The molecule has 0 aromatic heterocycles. The molecule has 2 N–H and O–H groups in total. The van der Waals surface area contributed by atoms with E-state index in [0.717, 1.165) is 96.3 Å². The number of amides is 1. The second-order valence-corrected chi connectivity index (χ2v) is 23.1. The maximum absolute atomic E-state index is 13.0. The van der Waals surface area contributed by atoms with Crippen LogP contribution < -0.4 is 10.2 Å². The van der Waals surface area contributed by atoms with Crippen LogP contribution in [0.2, 0.25) is 0 Å². The van der Waals surface area contributed by atoms with Crippen molar-refractivity contribution in [2.45, 2.75) is 251 Å². The quantitative estimate of drug-likeness (QED) is 0.0272. The van der Waals surface area contributed by atoms with Gasteiger partial charge < -0.3 is 28.8 Å². The van der Waals surface area contributed by atoms with E-state index in [4.69, 9.17) is 9.05 Å². The first-order valence-corrected chi connectivity index (χ1v) is 32.5. The van der Waals surface area contributed by atoms with Crippen LogP contribution in [0, 0.1) is 0 Å². The predicted octanol–water partition coefficient (Wildman–Crippen LogP) is 18.9. The first-order valence-electron chi connectivity index (χ1n) is 31.0. The minimum atomic E-state index is -4.62. The summed E-state index contributed by atoms with van der Waals surface area (Å²) in [5.41, 5.74) is 0. The number of unbranched alkanes of at least 4 members (excludes halogenated alkanes) is 22. The van der Waals surface area contributed by atoms with Gasteiger partial charge in [0.2, 0.25) is 5.91 Å². The zero-order valence-electron chi connectivity index (χ0n) is 50.1. The van der Waals surface area contributed by atoms with Crippen molar-refractivity contribution in [1.29, 1.82) is 0 Å². The van der Waals surface area contributed by atoms with E-state index in [9.17, 15) is 19.4 Å². The molecule has 0 rings (SSSR count). The average Bonchev–Trinajstić information content (AvgIpc) is 3.39. The monoisotopic (exact) mass is 1090 g/mol. The number of quaternary nitrogens is 1. The molecular weight excluding hydrogens is 972 g/mol. The molecule has 0 radical (unpaired) electrons. The van der Waals surface area contributed by atoms with Crippen LogP contribution in [-0.4, -0.2) is 68.5 Å². The number of phosphoric ester groups is 1. The summed E-state index contributed by atoms with van der Waals surface area (Å²) in [4.78, 5) is 25.5. The second kappa shape index (κ2) is 57.3. The number of aliphatic hydroxyl groups excluding tert-OH is 1. The third kappa shape index (κ3) is 60.1. The van der Waals surface area contributed by atoms with E-state index in [2.05, 4.69) is 141 Å². The number of hydrogen-bond acceptors (Lipinski definition) is 6. The highest BCUT2D eigenvalue weighted by atomic mass is 31.2. The fourth-order valence-electron chi connectivity index (χ4n) is 8.26. The van der Waals surface area contributed by atoms with Crippen molar-refractivity contribution in [3.63, 3.8) is 0 Å². The van der Waals surface area contributed by atoms with Crippen molar-refractivity contribution < 1.29 is 32.9 Å².